The lowest BCUT2D eigenvalue weighted by molar-refractivity contribution is 0.101. The van der Waals surface area contributed by atoms with Crippen LogP contribution in [0.15, 0.2) is 42.6 Å². The first kappa shape index (κ1) is 17.8. The molecular weight excluding hydrogens is 356 g/mol. The maximum Gasteiger partial charge on any atom is 0.275 e. The van der Waals surface area contributed by atoms with Crippen LogP contribution in [0.4, 0.5) is 5.82 Å². The highest BCUT2D eigenvalue weighted by Gasteiger charge is 2.17. The van der Waals surface area contributed by atoms with Gasteiger partial charge in [0.05, 0.1) is 24.0 Å². The van der Waals surface area contributed by atoms with Crippen molar-refractivity contribution in [2.24, 2.45) is 0 Å². The topological polar surface area (TPSA) is 89.8 Å². The third-order valence-corrected chi connectivity index (χ3v) is 4.79. The zero-order chi connectivity index (χ0) is 19.7. The van der Waals surface area contributed by atoms with Gasteiger partial charge in [-0.05, 0) is 38.1 Å². The lowest BCUT2D eigenvalue weighted by atomic mass is 10.2. The van der Waals surface area contributed by atoms with Crippen molar-refractivity contribution < 1.29 is 9.53 Å². The number of ether oxygens (including phenoxy) is 1. The minimum atomic E-state index is -0.241. The van der Waals surface area contributed by atoms with Crippen LogP contribution in [0.1, 0.15) is 24.3 Å². The van der Waals surface area contributed by atoms with Gasteiger partial charge in [0.25, 0.3) is 5.91 Å². The van der Waals surface area contributed by atoms with E-state index in [1.54, 1.807) is 24.1 Å². The molecule has 0 fully saturated rings. The Kier molecular flexibility index (Phi) is 4.60. The third kappa shape index (κ3) is 2.92. The number of aryl methyl sites for hydroxylation is 2. The first-order valence-electron chi connectivity index (χ1n) is 9.21. The van der Waals surface area contributed by atoms with E-state index < -0.39 is 0 Å². The van der Waals surface area contributed by atoms with E-state index in [1.807, 2.05) is 25.1 Å². The second kappa shape index (κ2) is 7.22. The monoisotopic (exact) mass is 378 g/mol. The van der Waals surface area contributed by atoms with Crippen LogP contribution in [0.5, 0.6) is 5.75 Å². The fourth-order valence-corrected chi connectivity index (χ4v) is 3.47. The van der Waals surface area contributed by atoms with Crippen LogP contribution in [-0.4, -0.2) is 37.6 Å². The van der Waals surface area contributed by atoms with E-state index in [1.165, 1.54) is 0 Å². The molecule has 28 heavy (non-hydrogen) atoms. The van der Waals surface area contributed by atoms with Crippen LogP contribution in [-0.2, 0) is 13.1 Å². The number of carbonyl (C=O) groups is 1. The Labute approximate surface area is 162 Å². The molecule has 8 nitrogen and oxygen atoms in total. The van der Waals surface area contributed by atoms with Gasteiger partial charge in [0.1, 0.15) is 11.4 Å². The number of anilines is 1. The molecule has 144 valence electrons. The Morgan fingerprint density at radius 2 is 2.07 bits per heavy atom. The Balaban J connectivity index is 1.67. The number of methoxy groups -OCH3 is 1. The highest BCUT2D eigenvalue weighted by atomic mass is 16.5. The Bertz CT molecular complexity index is 1140. The summed E-state index contributed by atoms with van der Waals surface area (Å²) in [6.07, 6.45) is 1.61. The fraction of sp³-hybridized carbons (Fsp3) is 0.250. The Morgan fingerprint density at radius 3 is 2.82 bits per heavy atom. The first-order valence-corrected chi connectivity index (χ1v) is 9.21. The Morgan fingerprint density at radius 1 is 1.21 bits per heavy atom. The molecule has 1 amide bonds. The second-order valence-electron chi connectivity index (χ2n) is 6.32. The van der Waals surface area contributed by atoms with Gasteiger partial charge in [-0.25, -0.2) is 0 Å². The summed E-state index contributed by atoms with van der Waals surface area (Å²) >= 11 is 0. The Hall–Kier alpha value is -3.55. The number of aromatic nitrogens is 5. The molecule has 0 spiro atoms. The molecule has 0 bridgehead atoms. The van der Waals surface area contributed by atoms with E-state index >= 15 is 0 Å². The molecule has 0 aliphatic carbocycles. The van der Waals surface area contributed by atoms with Crippen molar-refractivity contribution in [2.45, 2.75) is 26.9 Å². The van der Waals surface area contributed by atoms with Crippen LogP contribution in [0.2, 0.25) is 0 Å². The number of nitrogens with zero attached hydrogens (tertiary/aromatic N) is 4. The van der Waals surface area contributed by atoms with Crippen molar-refractivity contribution in [3.63, 3.8) is 0 Å². The van der Waals surface area contributed by atoms with Crippen LogP contribution in [0, 0.1) is 0 Å². The van der Waals surface area contributed by atoms with Crippen molar-refractivity contribution in [2.75, 3.05) is 12.4 Å². The van der Waals surface area contributed by atoms with Crippen molar-refractivity contribution in [1.29, 1.82) is 0 Å². The van der Waals surface area contributed by atoms with Gasteiger partial charge in [-0.2, -0.15) is 10.2 Å². The summed E-state index contributed by atoms with van der Waals surface area (Å²) in [5.41, 5.74) is 3.39. The normalized spacial score (nSPS) is 11.1. The van der Waals surface area contributed by atoms with Gasteiger partial charge in [-0.1, -0.05) is 6.07 Å². The minimum Gasteiger partial charge on any atom is -0.496 e. The predicted molar refractivity (Wildman–Crippen MR) is 108 cm³/mol. The van der Waals surface area contributed by atoms with Crippen LogP contribution < -0.4 is 10.1 Å². The maximum absolute atomic E-state index is 12.5. The molecule has 8 heteroatoms. The van der Waals surface area contributed by atoms with E-state index in [4.69, 9.17) is 4.74 Å². The second-order valence-corrected chi connectivity index (χ2v) is 6.32. The lowest BCUT2D eigenvalue weighted by Crippen LogP contribution is -2.17. The molecule has 0 aliphatic heterocycles. The van der Waals surface area contributed by atoms with Gasteiger partial charge >= 0.3 is 0 Å². The number of benzene rings is 1. The highest BCUT2D eigenvalue weighted by molar-refractivity contribution is 6.02. The number of aromatic amines is 1. The van der Waals surface area contributed by atoms with Crippen molar-refractivity contribution in [3.8, 4) is 17.1 Å². The molecule has 0 unspecified atom stereocenters. The number of rotatable bonds is 6. The summed E-state index contributed by atoms with van der Waals surface area (Å²) in [6.45, 7) is 5.45. The number of carbonyl (C=O) groups excluding carboxylic acids is 1. The minimum absolute atomic E-state index is 0.241. The van der Waals surface area contributed by atoms with Crippen LogP contribution >= 0.6 is 0 Å². The molecule has 4 aromatic rings. The number of hydrogen-bond acceptors (Lipinski definition) is 4. The molecule has 0 aliphatic rings. The number of hydrogen-bond donors (Lipinski definition) is 2. The maximum atomic E-state index is 12.5. The molecular formula is C20H22N6O2. The fourth-order valence-electron chi connectivity index (χ4n) is 3.47. The van der Waals surface area contributed by atoms with E-state index in [0.29, 0.717) is 18.1 Å². The van der Waals surface area contributed by atoms with Gasteiger partial charge in [-0.3, -0.25) is 14.6 Å². The molecule has 0 atom stereocenters. The number of H-pyrrole nitrogens is 1. The van der Waals surface area contributed by atoms with Crippen LogP contribution in [0.25, 0.3) is 22.3 Å². The molecule has 4 rings (SSSR count). The first-order chi connectivity index (χ1) is 13.7. The number of amides is 1. The van der Waals surface area contributed by atoms with Gasteiger partial charge in [0, 0.05) is 30.7 Å². The standard InChI is InChI=1S/C20H22N6O2/c1-4-25-15-7-6-8-18(28-3)13(15)11-17(25)14-12-19(24-23-14)22-20(27)16-9-10-21-26(16)5-2/h6-12H,4-5H2,1-3H3,(H2,22,23,24,27). The van der Waals surface area contributed by atoms with E-state index in [9.17, 15) is 4.79 Å². The SMILES string of the molecule is CCn1nccc1C(=O)Nc1cc(-c2cc3c(OC)cccc3n2CC)[nH]n1. The quantitative estimate of drug-likeness (QED) is 0.537. The van der Waals surface area contributed by atoms with Gasteiger partial charge in [0.15, 0.2) is 5.82 Å². The van der Waals surface area contributed by atoms with Crippen molar-refractivity contribution >= 4 is 22.6 Å². The highest BCUT2D eigenvalue weighted by Crippen LogP contribution is 2.33. The van der Waals surface area contributed by atoms with E-state index in [-0.39, 0.29) is 5.91 Å². The summed E-state index contributed by atoms with van der Waals surface area (Å²) < 4.78 is 9.32. The summed E-state index contributed by atoms with van der Waals surface area (Å²) in [5, 5.41) is 15.3. The molecule has 2 N–H and O–H groups in total. The zero-order valence-electron chi connectivity index (χ0n) is 16.1. The van der Waals surface area contributed by atoms with E-state index in [2.05, 4.69) is 44.2 Å². The summed E-state index contributed by atoms with van der Waals surface area (Å²) in [5.74, 6) is 1.05. The molecule has 0 saturated carbocycles. The van der Waals surface area contributed by atoms with E-state index in [0.717, 1.165) is 34.6 Å². The molecule has 3 heterocycles. The average Bonchev–Trinajstić information content (AvgIpc) is 3.44. The summed E-state index contributed by atoms with van der Waals surface area (Å²) in [4.78, 5) is 12.5. The molecule has 3 aromatic heterocycles. The number of fused-ring (bicyclic) bond motifs is 1. The summed E-state index contributed by atoms with van der Waals surface area (Å²) in [6, 6.07) is 11.6. The predicted octanol–water partition coefficient (Wildman–Crippen LogP) is 3.53. The molecule has 0 saturated heterocycles. The third-order valence-electron chi connectivity index (χ3n) is 4.79. The van der Waals surface area contributed by atoms with Gasteiger partial charge < -0.3 is 14.6 Å². The molecule has 0 radical (unpaired) electrons. The summed E-state index contributed by atoms with van der Waals surface area (Å²) in [7, 11) is 1.67. The lowest BCUT2D eigenvalue weighted by Gasteiger charge is -2.06. The van der Waals surface area contributed by atoms with Crippen molar-refractivity contribution in [3.05, 3.63) is 48.3 Å². The van der Waals surface area contributed by atoms with Gasteiger partial charge in [-0.15, -0.1) is 0 Å². The zero-order valence-corrected chi connectivity index (χ0v) is 16.1. The van der Waals surface area contributed by atoms with Gasteiger partial charge in [0.2, 0.25) is 0 Å². The van der Waals surface area contributed by atoms with Crippen LogP contribution in [0.3, 0.4) is 0 Å². The smallest absolute Gasteiger partial charge is 0.275 e. The number of nitrogens with one attached hydrogen (secondary N) is 2. The average molecular weight is 378 g/mol. The largest absolute Gasteiger partial charge is 0.496 e. The molecule has 1 aromatic carbocycles. The van der Waals surface area contributed by atoms with Crippen molar-refractivity contribution in [1.82, 2.24) is 24.5 Å².